The van der Waals surface area contributed by atoms with Gasteiger partial charge in [0, 0.05) is 11.6 Å². The number of aromatic nitrogens is 2. The minimum absolute atomic E-state index is 0.188. The van der Waals surface area contributed by atoms with Gasteiger partial charge >= 0.3 is 0 Å². The van der Waals surface area contributed by atoms with Gasteiger partial charge in [-0.25, -0.2) is 4.68 Å². The summed E-state index contributed by atoms with van der Waals surface area (Å²) in [4.78, 5) is 12.3. The molecule has 0 bridgehead atoms. The molecule has 0 aliphatic heterocycles. The van der Waals surface area contributed by atoms with Crippen molar-refractivity contribution in [2.75, 3.05) is 28.4 Å². The molecule has 7 nitrogen and oxygen atoms in total. The quantitative estimate of drug-likeness (QED) is 0.626. The van der Waals surface area contributed by atoms with Gasteiger partial charge in [-0.15, -0.1) is 0 Å². The molecule has 3 rings (SSSR count). The molecule has 1 aromatic heterocycles. The Morgan fingerprint density at radius 1 is 0.821 bits per heavy atom. The average Bonchev–Trinajstić information content (AvgIpc) is 2.74. The van der Waals surface area contributed by atoms with Crippen LogP contribution >= 0.6 is 0 Å². The SMILES string of the molecule is COc1ccc(Cn2nc(-c3cc(OC)c(OC)c(OC)c3)ccc2=O)cc1. The molecule has 0 fully saturated rings. The molecule has 28 heavy (non-hydrogen) atoms. The predicted octanol–water partition coefficient (Wildman–Crippen LogP) is 2.99. The van der Waals surface area contributed by atoms with E-state index < -0.39 is 0 Å². The highest BCUT2D eigenvalue weighted by Crippen LogP contribution is 2.40. The molecule has 2 aromatic carbocycles. The molecule has 0 atom stereocenters. The first kappa shape index (κ1) is 19.3. The lowest BCUT2D eigenvalue weighted by Crippen LogP contribution is -2.22. The van der Waals surface area contributed by atoms with Crippen LogP contribution < -0.4 is 24.5 Å². The first-order valence-electron chi connectivity index (χ1n) is 8.61. The van der Waals surface area contributed by atoms with E-state index in [4.69, 9.17) is 18.9 Å². The Kier molecular flexibility index (Phi) is 5.84. The van der Waals surface area contributed by atoms with Crippen LogP contribution in [-0.4, -0.2) is 38.2 Å². The molecule has 0 aliphatic carbocycles. The zero-order valence-corrected chi connectivity index (χ0v) is 16.3. The topological polar surface area (TPSA) is 71.8 Å². The molecule has 0 aliphatic rings. The zero-order chi connectivity index (χ0) is 20.1. The van der Waals surface area contributed by atoms with Crippen LogP contribution in [0, 0.1) is 0 Å². The van der Waals surface area contributed by atoms with Gasteiger partial charge in [0.1, 0.15) is 5.75 Å². The number of methoxy groups -OCH3 is 4. The zero-order valence-electron chi connectivity index (χ0n) is 16.3. The fourth-order valence-corrected chi connectivity index (χ4v) is 2.85. The lowest BCUT2D eigenvalue weighted by molar-refractivity contribution is 0.324. The number of benzene rings is 2. The maximum absolute atomic E-state index is 12.3. The molecule has 0 unspecified atom stereocenters. The lowest BCUT2D eigenvalue weighted by Gasteiger charge is -2.14. The Hall–Kier alpha value is -3.48. The van der Waals surface area contributed by atoms with Crippen LogP contribution in [-0.2, 0) is 6.54 Å². The summed E-state index contributed by atoms with van der Waals surface area (Å²) in [5.74, 6) is 2.30. The summed E-state index contributed by atoms with van der Waals surface area (Å²) >= 11 is 0. The van der Waals surface area contributed by atoms with Gasteiger partial charge in [-0.3, -0.25) is 4.79 Å². The molecule has 3 aromatic rings. The molecular weight excluding hydrogens is 360 g/mol. The Labute approximate surface area is 163 Å². The molecule has 0 amide bonds. The van der Waals surface area contributed by atoms with E-state index in [-0.39, 0.29) is 5.56 Å². The second kappa shape index (κ2) is 8.47. The van der Waals surface area contributed by atoms with E-state index in [1.54, 1.807) is 46.6 Å². The maximum Gasteiger partial charge on any atom is 0.267 e. The van der Waals surface area contributed by atoms with Gasteiger partial charge in [0.2, 0.25) is 5.75 Å². The monoisotopic (exact) mass is 382 g/mol. The van der Waals surface area contributed by atoms with Crippen molar-refractivity contribution in [1.29, 1.82) is 0 Å². The van der Waals surface area contributed by atoms with Crippen molar-refractivity contribution in [2.24, 2.45) is 0 Å². The van der Waals surface area contributed by atoms with Crippen LogP contribution in [0.25, 0.3) is 11.3 Å². The molecule has 0 radical (unpaired) electrons. The second-order valence-corrected chi connectivity index (χ2v) is 5.98. The Morgan fingerprint density at radius 3 is 2.00 bits per heavy atom. The minimum Gasteiger partial charge on any atom is -0.497 e. The van der Waals surface area contributed by atoms with Gasteiger partial charge in [-0.1, -0.05) is 12.1 Å². The largest absolute Gasteiger partial charge is 0.497 e. The highest BCUT2D eigenvalue weighted by atomic mass is 16.5. The third-order valence-electron chi connectivity index (χ3n) is 4.32. The molecule has 1 heterocycles. The Morgan fingerprint density at radius 2 is 1.46 bits per heavy atom. The van der Waals surface area contributed by atoms with Gasteiger partial charge in [-0.05, 0) is 35.9 Å². The van der Waals surface area contributed by atoms with Gasteiger partial charge in [0.05, 0.1) is 40.7 Å². The molecular formula is C21H22N2O5. The van der Waals surface area contributed by atoms with E-state index in [1.165, 1.54) is 10.7 Å². The van der Waals surface area contributed by atoms with Crippen molar-refractivity contribution in [2.45, 2.75) is 6.54 Å². The summed E-state index contributed by atoms with van der Waals surface area (Å²) in [5, 5.41) is 4.51. The molecule has 0 N–H and O–H groups in total. The second-order valence-electron chi connectivity index (χ2n) is 5.98. The smallest absolute Gasteiger partial charge is 0.267 e. The summed E-state index contributed by atoms with van der Waals surface area (Å²) in [6, 6.07) is 14.3. The first-order chi connectivity index (χ1) is 13.6. The summed E-state index contributed by atoms with van der Waals surface area (Å²) in [5.41, 5.74) is 2.12. The maximum atomic E-state index is 12.3. The van der Waals surface area contributed by atoms with E-state index in [1.807, 2.05) is 24.3 Å². The number of rotatable bonds is 7. The first-order valence-corrected chi connectivity index (χ1v) is 8.61. The minimum atomic E-state index is -0.188. The van der Waals surface area contributed by atoms with E-state index in [9.17, 15) is 4.79 Å². The van der Waals surface area contributed by atoms with Crippen LogP contribution in [0.2, 0.25) is 0 Å². The van der Waals surface area contributed by atoms with Crippen molar-refractivity contribution in [3.05, 3.63) is 64.4 Å². The molecule has 0 spiro atoms. The van der Waals surface area contributed by atoms with Crippen molar-refractivity contribution in [1.82, 2.24) is 9.78 Å². The standard InChI is InChI=1S/C21H22N2O5/c1-25-16-7-5-14(6-8-16)13-23-20(24)10-9-17(22-23)15-11-18(26-2)21(28-4)19(12-15)27-3/h5-12H,13H2,1-4H3. The predicted molar refractivity (Wildman–Crippen MR) is 106 cm³/mol. The molecule has 0 saturated carbocycles. The third kappa shape index (κ3) is 3.93. The van der Waals surface area contributed by atoms with Crippen LogP contribution in [0.4, 0.5) is 0 Å². The summed E-state index contributed by atoms with van der Waals surface area (Å²) in [7, 11) is 6.27. The van der Waals surface area contributed by atoms with E-state index >= 15 is 0 Å². The molecule has 7 heteroatoms. The summed E-state index contributed by atoms with van der Waals surface area (Å²) in [6.07, 6.45) is 0. The summed E-state index contributed by atoms with van der Waals surface area (Å²) < 4.78 is 22.7. The molecule has 146 valence electrons. The number of nitrogens with zero attached hydrogens (tertiary/aromatic N) is 2. The van der Waals surface area contributed by atoms with Crippen LogP contribution in [0.1, 0.15) is 5.56 Å². The fraction of sp³-hybridized carbons (Fsp3) is 0.238. The van der Waals surface area contributed by atoms with E-state index in [2.05, 4.69) is 5.10 Å². The van der Waals surface area contributed by atoms with Crippen LogP contribution in [0.15, 0.2) is 53.3 Å². The van der Waals surface area contributed by atoms with Crippen molar-refractivity contribution < 1.29 is 18.9 Å². The van der Waals surface area contributed by atoms with E-state index in [0.29, 0.717) is 29.5 Å². The van der Waals surface area contributed by atoms with Gasteiger partial charge < -0.3 is 18.9 Å². The molecule has 0 saturated heterocycles. The number of ether oxygens (including phenoxy) is 4. The average molecular weight is 382 g/mol. The normalized spacial score (nSPS) is 10.4. The van der Waals surface area contributed by atoms with Gasteiger partial charge in [0.15, 0.2) is 11.5 Å². The van der Waals surface area contributed by atoms with Crippen molar-refractivity contribution in [3.63, 3.8) is 0 Å². The number of hydrogen-bond acceptors (Lipinski definition) is 6. The van der Waals surface area contributed by atoms with Gasteiger partial charge in [-0.2, -0.15) is 5.10 Å². The Balaban J connectivity index is 1.99. The number of hydrogen-bond donors (Lipinski definition) is 0. The highest BCUT2D eigenvalue weighted by Gasteiger charge is 2.15. The van der Waals surface area contributed by atoms with E-state index in [0.717, 1.165) is 16.9 Å². The van der Waals surface area contributed by atoms with Crippen molar-refractivity contribution >= 4 is 0 Å². The van der Waals surface area contributed by atoms with Crippen molar-refractivity contribution in [3.8, 4) is 34.3 Å². The highest BCUT2D eigenvalue weighted by molar-refractivity contribution is 5.68. The Bertz CT molecular complexity index is 987. The lowest BCUT2D eigenvalue weighted by atomic mass is 10.1. The summed E-state index contributed by atoms with van der Waals surface area (Å²) in [6.45, 7) is 0.348. The fourth-order valence-electron chi connectivity index (χ4n) is 2.85. The third-order valence-corrected chi connectivity index (χ3v) is 4.32. The van der Waals surface area contributed by atoms with Crippen LogP contribution in [0.5, 0.6) is 23.0 Å². The van der Waals surface area contributed by atoms with Gasteiger partial charge in [0.25, 0.3) is 5.56 Å². The van der Waals surface area contributed by atoms with Crippen LogP contribution in [0.3, 0.4) is 0 Å².